The van der Waals surface area contributed by atoms with Crippen molar-refractivity contribution in [1.82, 2.24) is 10.2 Å². The average molecular weight is 240 g/mol. The predicted octanol–water partition coefficient (Wildman–Crippen LogP) is 2.02. The Labute approximate surface area is 106 Å². The highest BCUT2D eigenvalue weighted by molar-refractivity contribution is 4.88. The summed E-state index contributed by atoms with van der Waals surface area (Å²) in [5.41, 5.74) is 0. The van der Waals surface area contributed by atoms with Crippen molar-refractivity contribution in [3.63, 3.8) is 0 Å². The number of rotatable bonds is 4. The van der Waals surface area contributed by atoms with E-state index in [1.54, 1.807) is 0 Å². The molecule has 0 amide bonds. The van der Waals surface area contributed by atoms with Crippen LogP contribution in [0.1, 0.15) is 46.0 Å². The molecule has 1 N–H and O–H groups in total. The molecule has 3 heteroatoms. The number of hydrogen-bond acceptors (Lipinski definition) is 3. The van der Waals surface area contributed by atoms with Crippen molar-refractivity contribution < 1.29 is 4.74 Å². The molecule has 1 aliphatic carbocycles. The first-order valence-electron chi connectivity index (χ1n) is 7.42. The maximum Gasteiger partial charge on any atom is 0.0622 e. The summed E-state index contributed by atoms with van der Waals surface area (Å²) < 4.78 is 5.61. The van der Waals surface area contributed by atoms with Crippen LogP contribution in [0.2, 0.25) is 0 Å². The lowest BCUT2D eigenvalue weighted by molar-refractivity contribution is -0.0393. The van der Waals surface area contributed by atoms with Crippen molar-refractivity contribution in [2.45, 2.75) is 64.1 Å². The lowest BCUT2D eigenvalue weighted by Gasteiger charge is -2.44. The second-order valence-electron chi connectivity index (χ2n) is 5.45. The highest BCUT2D eigenvalue weighted by Crippen LogP contribution is 2.26. The van der Waals surface area contributed by atoms with Gasteiger partial charge >= 0.3 is 0 Å². The van der Waals surface area contributed by atoms with E-state index in [4.69, 9.17) is 4.74 Å². The van der Waals surface area contributed by atoms with Gasteiger partial charge in [-0.05, 0) is 32.2 Å². The number of hydrogen-bond donors (Lipinski definition) is 1. The third kappa shape index (κ3) is 3.43. The van der Waals surface area contributed by atoms with Gasteiger partial charge in [-0.3, -0.25) is 4.90 Å². The quantitative estimate of drug-likeness (QED) is 0.813. The summed E-state index contributed by atoms with van der Waals surface area (Å²) in [5, 5.41) is 3.63. The van der Waals surface area contributed by atoms with E-state index in [0.29, 0.717) is 6.04 Å². The molecule has 2 fully saturated rings. The minimum absolute atomic E-state index is 0.661. The van der Waals surface area contributed by atoms with E-state index in [1.807, 2.05) is 0 Å². The Morgan fingerprint density at radius 2 is 2.18 bits per heavy atom. The lowest BCUT2D eigenvalue weighted by atomic mass is 9.88. The minimum Gasteiger partial charge on any atom is -0.378 e. The minimum atomic E-state index is 0.661. The van der Waals surface area contributed by atoms with Crippen LogP contribution in [0.4, 0.5) is 0 Å². The molecule has 1 aliphatic heterocycles. The van der Waals surface area contributed by atoms with Crippen LogP contribution in [0.25, 0.3) is 0 Å². The van der Waals surface area contributed by atoms with E-state index >= 15 is 0 Å². The zero-order valence-corrected chi connectivity index (χ0v) is 11.5. The Hall–Kier alpha value is -0.120. The van der Waals surface area contributed by atoms with Gasteiger partial charge in [0, 0.05) is 24.7 Å². The molecule has 3 atom stereocenters. The summed E-state index contributed by atoms with van der Waals surface area (Å²) >= 11 is 0. The van der Waals surface area contributed by atoms with Gasteiger partial charge in [0.05, 0.1) is 13.2 Å². The van der Waals surface area contributed by atoms with Crippen molar-refractivity contribution >= 4 is 0 Å². The monoisotopic (exact) mass is 240 g/mol. The topological polar surface area (TPSA) is 24.5 Å². The van der Waals surface area contributed by atoms with Gasteiger partial charge in [-0.25, -0.2) is 0 Å². The third-order valence-electron chi connectivity index (χ3n) is 4.35. The smallest absolute Gasteiger partial charge is 0.0622 e. The number of morpholine rings is 1. The Kier molecular flexibility index (Phi) is 5.26. The molecule has 0 radical (unpaired) electrons. The molecular weight excluding hydrogens is 212 g/mol. The molecule has 2 aliphatic rings. The van der Waals surface area contributed by atoms with Crippen molar-refractivity contribution in [2.75, 3.05) is 26.3 Å². The Morgan fingerprint density at radius 3 is 2.94 bits per heavy atom. The first-order chi connectivity index (χ1) is 8.35. The van der Waals surface area contributed by atoms with Crippen molar-refractivity contribution in [3.05, 3.63) is 0 Å². The molecule has 3 nitrogen and oxygen atoms in total. The van der Waals surface area contributed by atoms with Gasteiger partial charge in [0.1, 0.15) is 0 Å². The molecular formula is C14H28N2O. The number of ether oxygens (including phenoxy) is 1. The Balaban J connectivity index is 1.90. The molecule has 1 saturated carbocycles. The van der Waals surface area contributed by atoms with Gasteiger partial charge in [-0.1, -0.05) is 20.3 Å². The highest BCUT2D eigenvalue weighted by atomic mass is 16.5. The molecule has 0 aromatic carbocycles. The van der Waals surface area contributed by atoms with Crippen LogP contribution < -0.4 is 5.32 Å². The molecule has 100 valence electrons. The maximum absolute atomic E-state index is 5.61. The number of nitrogens with zero attached hydrogens (tertiary/aromatic N) is 1. The molecule has 1 heterocycles. The van der Waals surface area contributed by atoms with Gasteiger partial charge in [0.25, 0.3) is 0 Å². The van der Waals surface area contributed by atoms with E-state index in [9.17, 15) is 0 Å². The first kappa shape index (κ1) is 13.3. The molecule has 2 rings (SSSR count). The largest absolute Gasteiger partial charge is 0.378 e. The second-order valence-corrected chi connectivity index (χ2v) is 5.45. The lowest BCUT2D eigenvalue weighted by Crippen LogP contribution is -2.53. The molecule has 3 unspecified atom stereocenters. The zero-order valence-electron chi connectivity index (χ0n) is 11.5. The molecule has 0 bridgehead atoms. The predicted molar refractivity (Wildman–Crippen MR) is 71.3 cm³/mol. The molecule has 0 aromatic heterocycles. The molecule has 17 heavy (non-hydrogen) atoms. The summed E-state index contributed by atoms with van der Waals surface area (Å²) in [6, 6.07) is 2.20. The normalized spacial score (nSPS) is 36.0. The van der Waals surface area contributed by atoms with Crippen LogP contribution in [0.3, 0.4) is 0 Å². The molecule has 0 spiro atoms. The Morgan fingerprint density at radius 1 is 1.29 bits per heavy atom. The fourth-order valence-electron chi connectivity index (χ4n) is 3.44. The Bertz CT molecular complexity index is 220. The third-order valence-corrected chi connectivity index (χ3v) is 4.35. The second kappa shape index (κ2) is 6.72. The summed E-state index contributed by atoms with van der Waals surface area (Å²) in [6.45, 7) is 8.63. The van der Waals surface area contributed by atoms with Crippen LogP contribution >= 0.6 is 0 Å². The number of nitrogens with one attached hydrogen (secondary N) is 1. The van der Waals surface area contributed by atoms with Crippen molar-refractivity contribution in [2.24, 2.45) is 0 Å². The van der Waals surface area contributed by atoms with Gasteiger partial charge in [0.2, 0.25) is 0 Å². The first-order valence-corrected chi connectivity index (χ1v) is 7.42. The summed E-state index contributed by atoms with van der Waals surface area (Å²) in [5.74, 6) is 0. The van der Waals surface area contributed by atoms with Crippen LogP contribution in [0.15, 0.2) is 0 Å². The van der Waals surface area contributed by atoms with E-state index in [-0.39, 0.29) is 0 Å². The average Bonchev–Trinajstić information content (AvgIpc) is 2.39. The molecule has 0 aromatic rings. The van der Waals surface area contributed by atoms with Gasteiger partial charge in [-0.15, -0.1) is 0 Å². The van der Waals surface area contributed by atoms with E-state index in [0.717, 1.165) is 38.4 Å². The van der Waals surface area contributed by atoms with Crippen molar-refractivity contribution in [3.8, 4) is 0 Å². The summed E-state index contributed by atoms with van der Waals surface area (Å²) in [4.78, 5) is 2.73. The van der Waals surface area contributed by atoms with Crippen LogP contribution in [0.5, 0.6) is 0 Å². The van der Waals surface area contributed by atoms with Gasteiger partial charge in [-0.2, -0.15) is 0 Å². The fourth-order valence-corrected chi connectivity index (χ4v) is 3.44. The van der Waals surface area contributed by atoms with E-state index < -0.39 is 0 Å². The van der Waals surface area contributed by atoms with E-state index in [1.165, 1.54) is 32.1 Å². The zero-order chi connectivity index (χ0) is 12.1. The fraction of sp³-hybridized carbons (Fsp3) is 1.00. The van der Waals surface area contributed by atoms with Crippen LogP contribution in [-0.2, 0) is 4.74 Å². The summed E-state index contributed by atoms with van der Waals surface area (Å²) in [7, 11) is 0. The maximum atomic E-state index is 5.61. The summed E-state index contributed by atoms with van der Waals surface area (Å²) in [6.07, 6.45) is 6.70. The standard InChI is InChI=1S/C14H28N2O/c1-3-13-11-17-9-8-16(13)14-7-5-6-12(10-14)15-4-2/h12-15H,3-11H2,1-2H3. The SMILES string of the molecule is CCNC1CCCC(N2CCOCC2CC)C1. The molecule has 1 saturated heterocycles. The highest BCUT2D eigenvalue weighted by Gasteiger charge is 2.31. The van der Waals surface area contributed by atoms with Crippen LogP contribution in [0, 0.1) is 0 Å². The van der Waals surface area contributed by atoms with Crippen molar-refractivity contribution in [1.29, 1.82) is 0 Å². The van der Waals surface area contributed by atoms with E-state index in [2.05, 4.69) is 24.1 Å². The van der Waals surface area contributed by atoms with Crippen LogP contribution in [-0.4, -0.2) is 49.3 Å². The van der Waals surface area contributed by atoms with Gasteiger partial charge < -0.3 is 10.1 Å². The van der Waals surface area contributed by atoms with Gasteiger partial charge in [0.15, 0.2) is 0 Å².